The Hall–Kier alpha value is -2.84. The zero-order valence-corrected chi connectivity index (χ0v) is 13.7. The molecule has 24 heavy (non-hydrogen) atoms. The Morgan fingerprint density at radius 2 is 2.04 bits per heavy atom. The molecule has 1 heterocycles. The van der Waals surface area contributed by atoms with Gasteiger partial charge < -0.3 is 0 Å². The quantitative estimate of drug-likeness (QED) is 0.329. The molecule has 0 aliphatic heterocycles. The van der Waals surface area contributed by atoms with Gasteiger partial charge in [0.15, 0.2) is 5.82 Å². The van der Waals surface area contributed by atoms with Crippen LogP contribution >= 0.6 is 23.8 Å². The summed E-state index contributed by atoms with van der Waals surface area (Å²) in [5, 5.41) is 22.1. The molecule has 0 radical (unpaired) electrons. The summed E-state index contributed by atoms with van der Waals surface area (Å²) in [5.74, 6) is 0.542. The Morgan fingerprint density at radius 1 is 1.29 bits per heavy atom. The largest absolute Gasteiger partial charge is 0.288 e. The Labute approximate surface area is 146 Å². The number of rotatable bonds is 4. The standard InChI is InChI=1S/C15H10ClN5O2S/c16-12-7-6-10(8-13(12)21(22)23)9-17-20-14(18-19-15(20)24)11-4-2-1-3-5-11/h1-9H,(H,19,24). The smallest absolute Gasteiger partial charge is 0.258 e. The molecule has 0 amide bonds. The average Bonchev–Trinajstić information content (AvgIpc) is 2.95. The van der Waals surface area contributed by atoms with Crippen molar-refractivity contribution in [2.45, 2.75) is 0 Å². The van der Waals surface area contributed by atoms with Gasteiger partial charge in [0.2, 0.25) is 4.77 Å². The van der Waals surface area contributed by atoms with Crippen LogP contribution in [-0.4, -0.2) is 26.0 Å². The number of aromatic nitrogens is 3. The Kier molecular flexibility index (Phi) is 4.50. The molecule has 9 heteroatoms. The van der Waals surface area contributed by atoms with Gasteiger partial charge in [0.25, 0.3) is 5.69 Å². The summed E-state index contributed by atoms with van der Waals surface area (Å²) in [6.07, 6.45) is 1.46. The van der Waals surface area contributed by atoms with E-state index in [1.165, 1.54) is 23.0 Å². The van der Waals surface area contributed by atoms with Gasteiger partial charge in [-0.05, 0) is 18.3 Å². The minimum Gasteiger partial charge on any atom is -0.258 e. The maximum atomic E-state index is 10.9. The first-order valence-corrected chi connectivity index (χ1v) is 7.56. The van der Waals surface area contributed by atoms with E-state index in [4.69, 9.17) is 23.8 Å². The second-order valence-corrected chi connectivity index (χ2v) is 5.54. The van der Waals surface area contributed by atoms with Crippen LogP contribution in [0.4, 0.5) is 5.69 Å². The first-order valence-electron chi connectivity index (χ1n) is 6.77. The molecule has 0 aliphatic rings. The van der Waals surface area contributed by atoms with E-state index in [0.29, 0.717) is 16.2 Å². The molecule has 0 atom stereocenters. The third-order valence-electron chi connectivity index (χ3n) is 3.17. The minimum absolute atomic E-state index is 0.0713. The van der Waals surface area contributed by atoms with Crippen LogP contribution in [0.25, 0.3) is 11.4 Å². The molecule has 120 valence electrons. The number of benzene rings is 2. The van der Waals surface area contributed by atoms with E-state index in [-0.39, 0.29) is 10.7 Å². The number of hydrogen-bond acceptors (Lipinski definition) is 5. The van der Waals surface area contributed by atoms with Gasteiger partial charge in [-0.25, -0.2) is 5.10 Å². The molecule has 0 unspecified atom stereocenters. The molecule has 0 bridgehead atoms. The molecule has 0 aliphatic carbocycles. The summed E-state index contributed by atoms with van der Waals surface area (Å²) >= 11 is 11.0. The van der Waals surface area contributed by atoms with Crippen LogP contribution in [-0.2, 0) is 0 Å². The lowest BCUT2D eigenvalue weighted by Crippen LogP contribution is -1.96. The summed E-state index contributed by atoms with van der Waals surface area (Å²) in [6, 6.07) is 13.8. The molecular weight excluding hydrogens is 350 g/mol. The number of aromatic amines is 1. The SMILES string of the molecule is O=[N+]([O-])c1cc(C=Nn2c(-c3ccccc3)n[nH]c2=S)ccc1Cl. The highest BCUT2D eigenvalue weighted by atomic mass is 35.5. The molecule has 0 saturated heterocycles. The van der Waals surface area contributed by atoms with E-state index >= 15 is 0 Å². The summed E-state index contributed by atoms with van der Waals surface area (Å²) in [6.45, 7) is 0. The fourth-order valence-corrected chi connectivity index (χ4v) is 2.41. The lowest BCUT2D eigenvalue weighted by Gasteiger charge is -2.01. The van der Waals surface area contributed by atoms with E-state index in [9.17, 15) is 10.1 Å². The molecule has 3 rings (SSSR count). The third-order valence-corrected chi connectivity index (χ3v) is 3.76. The zero-order valence-electron chi connectivity index (χ0n) is 12.1. The van der Waals surface area contributed by atoms with Crippen LogP contribution in [0.1, 0.15) is 5.56 Å². The number of nitro benzene ring substituents is 1. The van der Waals surface area contributed by atoms with E-state index < -0.39 is 4.92 Å². The van der Waals surface area contributed by atoms with Crippen molar-refractivity contribution in [2.24, 2.45) is 5.10 Å². The van der Waals surface area contributed by atoms with Gasteiger partial charge in [0.1, 0.15) is 5.02 Å². The van der Waals surface area contributed by atoms with Gasteiger partial charge in [-0.15, -0.1) is 0 Å². The van der Waals surface area contributed by atoms with Crippen molar-refractivity contribution in [3.8, 4) is 11.4 Å². The normalized spacial score (nSPS) is 11.0. The predicted molar refractivity (Wildman–Crippen MR) is 93.9 cm³/mol. The third kappa shape index (κ3) is 3.24. The van der Waals surface area contributed by atoms with Crippen molar-refractivity contribution in [3.05, 3.63) is 74.0 Å². The molecule has 0 saturated carbocycles. The van der Waals surface area contributed by atoms with Crippen LogP contribution in [0.5, 0.6) is 0 Å². The van der Waals surface area contributed by atoms with Crippen molar-refractivity contribution in [3.63, 3.8) is 0 Å². The van der Waals surface area contributed by atoms with E-state index in [1.807, 2.05) is 30.3 Å². The molecule has 7 nitrogen and oxygen atoms in total. The zero-order chi connectivity index (χ0) is 17.1. The van der Waals surface area contributed by atoms with Gasteiger partial charge in [-0.2, -0.15) is 14.9 Å². The van der Waals surface area contributed by atoms with Crippen molar-refractivity contribution < 1.29 is 4.92 Å². The van der Waals surface area contributed by atoms with Crippen LogP contribution in [0.15, 0.2) is 53.6 Å². The first-order chi connectivity index (χ1) is 11.6. The predicted octanol–water partition coefficient (Wildman–Crippen LogP) is 4.05. The lowest BCUT2D eigenvalue weighted by molar-refractivity contribution is -0.384. The first kappa shape index (κ1) is 16.0. The van der Waals surface area contributed by atoms with Crippen LogP contribution in [0, 0.1) is 14.9 Å². The van der Waals surface area contributed by atoms with Crippen LogP contribution in [0.3, 0.4) is 0 Å². The summed E-state index contributed by atoms with van der Waals surface area (Å²) in [5.41, 5.74) is 1.18. The Morgan fingerprint density at radius 3 is 2.75 bits per heavy atom. The molecule has 1 aromatic heterocycles. The number of nitrogens with one attached hydrogen (secondary N) is 1. The maximum absolute atomic E-state index is 10.9. The number of halogens is 1. The van der Waals surface area contributed by atoms with Crippen molar-refractivity contribution in [1.82, 2.24) is 14.9 Å². The highest BCUT2D eigenvalue weighted by Crippen LogP contribution is 2.24. The number of nitrogens with zero attached hydrogens (tertiary/aromatic N) is 4. The van der Waals surface area contributed by atoms with Gasteiger partial charge >= 0.3 is 0 Å². The van der Waals surface area contributed by atoms with Crippen LogP contribution < -0.4 is 0 Å². The van der Waals surface area contributed by atoms with E-state index in [2.05, 4.69) is 15.3 Å². The molecule has 1 N–H and O–H groups in total. The molecule has 2 aromatic carbocycles. The van der Waals surface area contributed by atoms with E-state index in [1.54, 1.807) is 6.07 Å². The summed E-state index contributed by atoms with van der Waals surface area (Å²) in [7, 11) is 0. The number of hydrogen-bond donors (Lipinski definition) is 1. The van der Waals surface area contributed by atoms with Gasteiger partial charge in [0.05, 0.1) is 11.1 Å². The average molecular weight is 360 g/mol. The van der Waals surface area contributed by atoms with Gasteiger partial charge in [-0.3, -0.25) is 10.1 Å². The van der Waals surface area contributed by atoms with Crippen molar-refractivity contribution >= 4 is 35.7 Å². The fourth-order valence-electron chi connectivity index (χ4n) is 2.05. The lowest BCUT2D eigenvalue weighted by atomic mass is 10.2. The monoisotopic (exact) mass is 359 g/mol. The second kappa shape index (κ2) is 6.73. The van der Waals surface area contributed by atoms with Gasteiger partial charge in [0, 0.05) is 17.2 Å². The van der Waals surface area contributed by atoms with Crippen molar-refractivity contribution in [2.75, 3.05) is 0 Å². The summed E-state index contributed by atoms with van der Waals surface area (Å²) in [4.78, 5) is 10.4. The molecule has 3 aromatic rings. The highest BCUT2D eigenvalue weighted by Gasteiger charge is 2.12. The molecule has 0 fully saturated rings. The Balaban J connectivity index is 1.99. The maximum Gasteiger partial charge on any atom is 0.288 e. The molecular formula is C15H10ClN5O2S. The summed E-state index contributed by atoms with van der Waals surface area (Å²) < 4.78 is 1.76. The van der Waals surface area contributed by atoms with Gasteiger partial charge in [-0.1, -0.05) is 48.0 Å². The second-order valence-electron chi connectivity index (χ2n) is 4.74. The molecule has 0 spiro atoms. The topological polar surface area (TPSA) is 89.1 Å². The minimum atomic E-state index is -0.543. The Bertz CT molecular complexity index is 981. The van der Waals surface area contributed by atoms with E-state index in [0.717, 1.165) is 5.56 Å². The number of nitro groups is 1. The number of H-pyrrole nitrogens is 1. The fraction of sp³-hybridized carbons (Fsp3) is 0. The van der Waals surface area contributed by atoms with Crippen molar-refractivity contribution in [1.29, 1.82) is 0 Å². The highest BCUT2D eigenvalue weighted by molar-refractivity contribution is 7.71. The van der Waals surface area contributed by atoms with Crippen LogP contribution in [0.2, 0.25) is 5.02 Å².